The van der Waals surface area contributed by atoms with Crippen LogP contribution in [0.25, 0.3) is 0 Å². The van der Waals surface area contributed by atoms with Crippen molar-refractivity contribution in [3.63, 3.8) is 0 Å². The molecule has 0 fully saturated rings. The quantitative estimate of drug-likeness (QED) is 0.683. The Hall–Kier alpha value is -2.11. The van der Waals surface area contributed by atoms with Gasteiger partial charge >= 0.3 is 17.1 Å². The summed E-state index contributed by atoms with van der Waals surface area (Å²) < 4.78 is 3.32. The first-order valence-corrected chi connectivity index (χ1v) is 8.27. The van der Waals surface area contributed by atoms with E-state index in [0.29, 0.717) is 23.6 Å². The summed E-state index contributed by atoms with van der Waals surface area (Å²) in [4.78, 5) is 37.8. The zero-order valence-electron chi connectivity index (χ0n) is 15.5. The van der Waals surface area contributed by atoms with Gasteiger partial charge in [-0.3, -0.25) is 0 Å². The largest absolute Gasteiger partial charge is 0.336 e. The van der Waals surface area contributed by atoms with Crippen LogP contribution >= 0.6 is 0 Å². The standard InChI is InChI=1S/C18H29N3O3/c1-12(2)8-15(7)11-21-17(23)19(9-13(3)4)16(22)20(18(21)24)10-14(5)6/h12,15H,3,5,8-11H2,1-2,4,6-7H3. The van der Waals surface area contributed by atoms with E-state index >= 15 is 0 Å². The highest BCUT2D eigenvalue weighted by atomic mass is 16.2. The van der Waals surface area contributed by atoms with Crippen molar-refractivity contribution in [2.24, 2.45) is 11.8 Å². The SMILES string of the molecule is C=C(C)Cn1c(=O)n(CC(=C)C)c(=O)n(CC(C)CC(C)C)c1=O. The molecule has 1 heterocycles. The third-order valence-corrected chi connectivity index (χ3v) is 3.61. The van der Waals surface area contributed by atoms with E-state index in [-0.39, 0.29) is 19.0 Å². The highest BCUT2D eigenvalue weighted by Gasteiger charge is 2.17. The lowest BCUT2D eigenvalue weighted by Gasteiger charge is -2.18. The number of hydrogen-bond donors (Lipinski definition) is 0. The summed E-state index contributed by atoms with van der Waals surface area (Å²) in [5.41, 5.74) is -0.389. The van der Waals surface area contributed by atoms with Crippen molar-refractivity contribution >= 4 is 0 Å². The Balaban J connectivity index is 3.54. The predicted octanol–water partition coefficient (Wildman–Crippen LogP) is 2.01. The van der Waals surface area contributed by atoms with Crippen LogP contribution in [0.2, 0.25) is 0 Å². The second-order valence-corrected chi connectivity index (χ2v) is 7.28. The minimum atomic E-state index is -0.608. The molecule has 24 heavy (non-hydrogen) atoms. The number of allylic oxidation sites excluding steroid dienone is 2. The van der Waals surface area contributed by atoms with Crippen LogP contribution in [0.5, 0.6) is 0 Å². The Kier molecular flexibility index (Phi) is 6.75. The number of rotatable bonds is 8. The zero-order valence-corrected chi connectivity index (χ0v) is 15.5. The van der Waals surface area contributed by atoms with Crippen LogP contribution in [0, 0.1) is 11.8 Å². The maximum absolute atomic E-state index is 12.7. The molecule has 1 rings (SSSR count). The molecule has 0 aromatic carbocycles. The molecule has 134 valence electrons. The van der Waals surface area contributed by atoms with Gasteiger partial charge in [0, 0.05) is 6.54 Å². The first kappa shape index (κ1) is 19.9. The van der Waals surface area contributed by atoms with Crippen molar-refractivity contribution in [3.05, 3.63) is 55.8 Å². The molecule has 6 nitrogen and oxygen atoms in total. The summed E-state index contributed by atoms with van der Waals surface area (Å²) in [5.74, 6) is 0.624. The van der Waals surface area contributed by atoms with E-state index in [1.54, 1.807) is 13.8 Å². The van der Waals surface area contributed by atoms with Gasteiger partial charge in [-0.15, -0.1) is 0 Å². The third-order valence-electron chi connectivity index (χ3n) is 3.61. The fourth-order valence-corrected chi connectivity index (χ4v) is 2.84. The van der Waals surface area contributed by atoms with E-state index in [9.17, 15) is 14.4 Å². The van der Waals surface area contributed by atoms with Crippen LogP contribution < -0.4 is 17.1 Å². The summed E-state index contributed by atoms with van der Waals surface area (Å²) >= 11 is 0. The molecule has 1 aromatic rings. The van der Waals surface area contributed by atoms with Gasteiger partial charge in [0.25, 0.3) is 0 Å². The number of hydrogen-bond acceptors (Lipinski definition) is 3. The van der Waals surface area contributed by atoms with Gasteiger partial charge in [0.2, 0.25) is 0 Å². The molecule has 0 aliphatic carbocycles. The Morgan fingerprint density at radius 2 is 1.21 bits per heavy atom. The van der Waals surface area contributed by atoms with Crippen LogP contribution in [0.15, 0.2) is 38.7 Å². The molecule has 1 unspecified atom stereocenters. The molecule has 1 aromatic heterocycles. The van der Waals surface area contributed by atoms with Crippen molar-refractivity contribution in [1.82, 2.24) is 13.7 Å². The van der Waals surface area contributed by atoms with E-state index in [2.05, 4.69) is 27.0 Å². The molecule has 0 aliphatic heterocycles. The highest BCUT2D eigenvalue weighted by molar-refractivity contribution is 4.94. The number of nitrogens with zero attached hydrogens (tertiary/aromatic N) is 3. The van der Waals surface area contributed by atoms with E-state index in [4.69, 9.17) is 0 Å². The Morgan fingerprint density at radius 3 is 1.54 bits per heavy atom. The molecule has 0 spiro atoms. The summed E-state index contributed by atoms with van der Waals surface area (Å²) in [6.45, 7) is 17.7. The molecule has 6 heteroatoms. The molecular formula is C18H29N3O3. The van der Waals surface area contributed by atoms with Gasteiger partial charge < -0.3 is 0 Å². The minimum absolute atomic E-state index is 0.104. The summed E-state index contributed by atoms with van der Waals surface area (Å²) in [6.07, 6.45) is 0.895. The van der Waals surface area contributed by atoms with Crippen LogP contribution in [0.1, 0.15) is 41.0 Å². The van der Waals surface area contributed by atoms with Crippen LogP contribution in [0.4, 0.5) is 0 Å². The lowest BCUT2D eigenvalue weighted by Crippen LogP contribution is -2.55. The van der Waals surface area contributed by atoms with E-state index in [1.165, 1.54) is 4.57 Å². The van der Waals surface area contributed by atoms with Crippen LogP contribution in [-0.4, -0.2) is 13.7 Å². The molecule has 0 saturated carbocycles. The normalized spacial score (nSPS) is 12.4. The molecule has 0 amide bonds. The van der Waals surface area contributed by atoms with Crippen LogP contribution in [-0.2, 0) is 19.6 Å². The van der Waals surface area contributed by atoms with Crippen molar-refractivity contribution in [2.45, 2.75) is 60.7 Å². The van der Waals surface area contributed by atoms with Crippen molar-refractivity contribution < 1.29 is 0 Å². The highest BCUT2D eigenvalue weighted by Crippen LogP contribution is 2.11. The predicted molar refractivity (Wildman–Crippen MR) is 97.5 cm³/mol. The minimum Gasteiger partial charge on any atom is -0.247 e. The zero-order chi connectivity index (χ0) is 18.6. The van der Waals surface area contributed by atoms with Crippen molar-refractivity contribution in [3.8, 4) is 0 Å². The Morgan fingerprint density at radius 1 is 0.833 bits per heavy atom. The summed E-state index contributed by atoms with van der Waals surface area (Å²) in [5, 5.41) is 0. The van der Waals surface area contributed by atoms with Gasteiger partial charge in [-0.1, -0.05) is 45.1 Å². The monoisotopic (exact) mass is 335 g/mol. The van der Waals surface area contributed by atoms with Gasteiger partial charge in [-0.05, 0) is 32.1 Å². The van der Waals surface area contributed by atoms with Gasteiger partial charge in [0.15, 0.2) is 0 Å². The fraction of sp³-hybridized carbons (Fsp3) is 0.611. The smallest absolute Gasteiger partial charge is 0.247 e. The van der Waals surface area contributed by atoms with Gasteiger partial charge in [0.05, 0.1) is 13.1 Å². The lowest BCUT2D eigenvalue weighted by atomic mass is 9.99. The molecule has 0 aliphatic rings. The number of aromatic nitrogens is 3. The molecular weight excluding hydrogens is 306 g/mol. The molecule has 0 radical (unpaired) electrons. The molecule has 0 bridgehead atoms. The van der Waals surface area contributed by atoms with E-state index in [1.807, 2.05) is 6.92 Å². The van der Waals surface area contributed by atoms with Crippen molar-refractivity contribution in [1.29, 1.82) is 0 Å². The fourth-order valence-electron chi connectivity index (χ4n) is 2.84. The Labute approximate surface area is 142 Å². The van der Waals surface area contributed by atoms with E-state index in [0.717, 1.165) is 15.6 Å². The maximum Gasteiger partial charge on any atom is 0.336 e. The van der Waals surface area contributed by atoms with Crippen molar-refractivity contribution in [2.75, 3.05) is 0 Å². The average molecular weight is 335 g/mol. The Bertz CT molecular complexity index is 739. The van der Waals surface area contributed by atoms with Crippen LogP contribution in [0.3, 0.4) is 0 Å². The topological polar surface area (TPSA) is 66.0 Å². The summed E-state index contributed by atoms with van der Waals surface area (Å²) in [7, 11) is 0. The van der Waals surface area contributed by atoms with Gasteiger partial charge in [-0.25, -0.2) is 28.1 Å². The van der Waals surface area contributed by atoms with Gasteiger partial charge in [-0.2, -0.15) is 0 Å². The first-order valence-electron chi connectivity index (χ1n) is 8.27. The maximum atomic E-state index is 12.7. The van der Waals surface area contributed by atoms with Gasteiger partial charge in [0.1, 0.15) is 0 Å². The lowest BCUT2D eigenvalue weighted by molar-refractivity contribution is 0.355. The third kappa shape index (κ3) is 4.94. The summed E-state index contributed by atoms with van der Waals surface area (Å²) in [6, 6.07) is 0. The molecule has 0 saturated heterocycles. The second kappa shape index (κ2) is 8.13. The molecule has 0 N–H and O–H groups in total. The first-order chi connectivity index (χ1) is 11.0. The molecule has 1 atom stereocenters. The average Bonchev–Trinajstić information content (AvgIpc) is 2.43. The second-order valence-electron chi connectivity index (χ2n) is 7.28. The van der Waals surface area contributed by atoms with E-state index < -0.39 is 17.1 Å².